The first-order chi connectivity index (χ1) is 8.58. The molecule has 0 unspecified atom stereocenters. The summed E-state index contributed by atoms with van der Waals surface area (Å²) >= 11 is 0. The van der Waals surface area contributed by atoms with Crippen molar-refractivity contribution in [2.24, 2.45) is 0 Å². The summed E-state index contributed by atoms with van der Waals surface area (Å²) in [4.78, 5) is 32.6. The Kier molecular flexibility index (Phi) is 5.96. The number of carboxylic acids is 1. The third-order valence-corrected chi connectivity index (χ3v) is 2.43. The van der Waals surface area contributed by atoms with Crippen LogP contribution in [0.4, 0.5) is 4.79 Å². The molecule has 18 heavy (non-hydrogen) atoms. The van der Waals surface area contributed by atoms with E-state index in [-0.39, 0.29) is 18.9 Å². The number of carboxylic acid groups (broad SMARTS) is 1. The van der Waals surface area contributed by atoms with Crippen LogP contribution in [-0.4, -0.2) is 42.1 Å². The smallest absolute Gasteiger partial charge is 0.314 e. The highest BCUT2D eigenvalue weighted by molar-refractivity contribution is 5.77. The Labute approximate surface area is 105 Å². The van der Waals surface area contributed by atoms with Crippen LogP contribution in [0.3, 0.4) is 0 Å². The minimum atomic E-state index is -0.952. The van der Waals surface area contributed by atoms with Gasteiger partial charge in [-0.3, -0.25) is 9.59 Å². The lowest BCUT2D eigenvalue weighted by atomic mass is 10.3. The van der Waals surface area contributed by atoms with E-state index in [4.69, 9.17) is 5.11 Å². The molecule has 1 aliphatic rings. The van der Waals surface area contributed by atoms with Crippen LogP contribution in [-0.2, 0) is 9.59 Å². The second-order valence-corrected chi connectivity index (χ2v) is 4.27. The van der Waals surface area contributed by atoms with Gasteiger partial charge in [0.05, 0.1) is 6.42 Å². The Morgan fingerprint density at radius 3 is 2.33 bits per heavy atom. The van der Waals surface area contributed by atoms with Gasteiger partial charge >= 0.3 is 12.0 Å². The normalized spacial score (nSPS) is 13.8. The molecule has 1 saturated carbocycles. The number of hydrogen-bond acceptors (Lipinski definition) is 3. The zero-order valence-corrected chi connectivity index (χ0v) is 10.2. The Bertz CT molecular complexity index is 315. The number of aliphatic carboxylic acids is 1. The fourth-order valence-electron chi connectivity index (χ4n) is 1.32. The van der Waals surface area contributed by atoms with Gasteiger partial charge in [-0.2, -0.15) is 0 Å². The Balaban J connectivity index is 1.91. The zero-order chi connectivity index (χ0) is 13.4. The van der Waals surface area contributed by atoms with E-state index in [1.807, 2.05) is 0 Å². The molecule has 1 rings (SSSR count). The summed E-state index contributed by atoms with van der Waals surface area (Å²) in [5.74, 6) is -0.933. The van der Waals surface area contributed by atoms with Crippen molar-refractivity contribution in [3.05, 3.63) is 0 Å². The van der Waals surface area contributed by atoms with Gasteiger partial charge in [-0.05, 0) is 19.3 Å². The molecular formula is C11H19N3O4. The molecule has 3 amide bonds. The summed E-state index contributed by atoms with van der Waals surface area (Å²) in [6.45, 7) is 0.500. The molecule has 7 nitrogen and oxygen atoms in total. The summed E-state index contributed by atoms with van der Waals surface area (Å²) in [5.41, 5.74) is 0. The van der Waals surface area contributed by atoms with Crippen molar-refractivity contribution in [3.8, 4) is 0 Å². The van der Waals surface area contributed by atoms with E-state index in [9.17, 15) is 14.4 Å². The standard InChI is InChI=1S/C11H19N3O4/c15-9(14-8-3-4-8)2-1-6-12-11(18)13-7-5-10(16)17/h8H,1-7H2,(H,14,15)(H,16,17)(H2,12,13,18). The third-order valence-electron chi connectivity index (χ3n) is 2.43. The average Bonchev–Trinajstić information content (AvgIpc) is 3.08. The average molecular weight is 257 g/mol. The number of carbonyl (C=O) groups excluding carboxylic acids is 2. The molecule has 0 radical (unpaired) electrons. The molecule has 0 spiro atoms. The Morgan fingerprint density at radius 2 is 1.72 bits per heavy atom. The lowest BCUT2D eigenvalue weighted by molar-refractivity contribution is -0.136. The van der Waals surface area contributed by atoms with Gasteiger partial charge in [0.25, 0.3) is 0 Å². The van der Waals surface area contributed by atoms with Crippen molar-refractivity contribution in [1.82, 2.24) is 16.0 Å². The SMILES string of the molecule is O=C(O)CCNC(=O)NCCCC(=O)NC1CC1. The molecule has 0 bridgehead atoms. The molecular weight excluding hydrogens is 238 g/mol. The monoisotopic (exact) mass is 257 g/mol. The van der Waals surface area contributed by atoms with Crippen LogP contribution in [0.25, 0.3) is 0 Å². The summed E-state index contributed by atoms with van der Waals surface area (Å²) in [6.07, 6.45) is 3.00. The first-order valence-corrected chi connectivity index (χ1v) is 6.11. The van der Waals surface area contributed by atoms with Gasteiger partial charge < -0.3 is 21.1 Å². The van der Waals surface area contributed by atoms with Crippen molar-refractivity contribution >= 4 is 17.9 Å². The topological polar surface area (TPSA) is 108 Å². The van der Waals surface area contributed by atoms with Crippen molar-refractivity contribution in [3.63, 3.8) is 0 Å². The predicted octanol–water partition coefficient (Wildman–Crippen LogP) is -0.181. The number of nitrogens with one attached hydrogen (secondary N) is 3. The van der Waals surface area contributed by atoms with Gasteiger partial charge in [-0.25, -0.2) is 4.79 Å². The van der Waals surface area contributed by atoms with Gasteiger partial charge in [-0.15, -0.1) is 0 Å². The van der Waals surface area contributed by atoms with Crippen molar-refractivity contribution in [2.75, 3.05) is 13.1 Å². The third kappa shape index (κ3) is 7.48. The second kappa shape index (κ2) is 7.52. The highest BCUT2D eigenvalue weighted by atomic mass is 16.4. The summed E-state index contributed by atoms with van der Waals surface area (Å²) < 4.78 is 0. The first kappa shape index (κ1) is 14.3. The van der Waals surface area contributed by atoms with Gasteiger partial charge in [0.15, 0.2) is 0 Å². The lowest BCUT2D eigenvalue weighted by Crippen LogP contribution is -2.37. The van der Waals surface area contributed by atoms with Gasteiger partial charge in [0.1, 0.15) is 0 Å². The highest BCUT2D eigenvalue weighted by Gasteiger charge is 2.22. The van der Waals surface area contributed by atoms with E-state index in [1.54, 1.807) is 0 Å². The van der Waals surface area contributed by atoms with Crippen LogP contribution < -0.4 is 16.0 Å². The van der Waals surface area contributed by atoms with Crippen LogP contribution >= 0.6 is 0 Å². The quantitative estimate of drug-likeness (QED) is 0.452. The van der Waals surface area contributed by atoms with E-state index in [2.05, 4.69) is 16.0 Å². The van der Waals surface area contributed by atoms with E-state index < -0.39 is 12.0 Å². The molecule has 0 aliphatic heterocycles. The fourth-order valence-corrected chi connectivity index (χ4v) is 1.32. The Morgan fingerprint density at radius 1 is 1.06 bits per heavy atom. The number of rotatable bonds is 8. The highest BCUT2D eigenvalue weighted by Crippen LogP contribution is 2.18. The maximum absolute atomic E-state index is 11.3. The largest absolute Gasteiger partial charge is 0.481 e. The predicted molar refractivity (Wildman–Crippen MR) is 64.1 cm³/mol. The fraction of sp³-hybridized carbons (Fsp3) is 0.727. The molecule has 0 heterocycles. The van der Waals surface area contributed by atoms with E-state index in [0.29, 0.717) is 25.4 Å². The van der Waals surface area contributed by atoms with Gasteiger partial charge in [-0.1, -0.05) is 0 Å². The van der Waals surface area contributed by atoms with Crippen LogP contribution in [0.5, 0.6) is 0 Å². The minimum Gasteiger partial charge on any atom is -0.481 e. The molecule has 0 aromatic heterocycles. The molecule has 1 aliphatic carbocycles. The first-order valence-electron chi connectivity index (χ1n) is 6.11. The molecule has 0 aromatic carbocycles. The number of carbonyl (C=O) groups is 3. The van der Waals surface area contributed by atoms with Gasteiger partial charge in [0.2, 0.25) is 5.91 Å². The van der Waals surface area contributed by atoms with Crippen LogP contribution in [0.2, 0.25) is 0 Å². The number of hydrogen-bond donors (Lipinski definition) is 4. The van der Waals surface area contributed by atoms with E-state index in [0.717, 1.165) is 12.8 Å². The molecule has 7 heteroatoms. The minimum absolute atomic E-state index is 0.0191. The molecule has 0 aromatic rings. The molecule has 102 valence electrons. The molecule has 4 N–H and O–H groups in total. The number of urea groups is 1. The molecule has 0 atom stereocenters. The number of amides is 3. The van der Waals surface area contributed by atoms with Gasteiger partial charge in [0, 0.05) is 25.6 Å². The van der Waals surface area contributed by atoms with E-state index >= 15 is 0 Å². The lowest BCUT2D eigenvalue weighted by Gasteiger charge is -2.06. The Hall–Kier alpha value is -1.79. The zero-order valence-electron chi connectivity index (χ0n) is 10.2. The molecule has 1 fully saturated rings. The van der Waals surface area contributed by atoms with Crippen molar-refractivity contribution < 1.29 is 19.5 Å². The second-order valence-electron chi connectivity index (χ2n) is 4.27. The van der Waals surface area contributed by atoms with Crippen LogP contribution in [0.1, 0.15) is 32.1 Å². The van der Waals surface area contributed by atoms with E-state index in [1.165, 1.54) is 0 Å². The van der Waals surface area contributed by atoms with Crippen LogP contribution in [0.15, 0.2) is 0 Å². The summed E-state index contributed by atoms with van der Waals surface area (Å²) in [7, 11) is 0. The summed E-state index contributed by atoms with van der Waals surface area (Å²) in [6, 6.07) is -0.0383. The van der Waals surface area contributed by atoms with Crippen LogP contribution in [0, 0.1) is 0 Å². The summed E-state index contributed by atoms with van der Waals surface area (Å²) in [5, 5.41) is 16.2. The molecule has 0 saturated heterocycles. The van der Waals surface area contributed by atoms with Crippen molar-refractivity contribution in [2.45, 2.75) is 38.1 Å². The maximum Gasteiger partial charge on any atom is 0.314 e. The maximum atomic E-state index is 11.3. The van der Waals surface area contributed by atoms with Crippen molar-refractivity contribution in [1.29, 1.82) is 0 Å².